The molecule has 24 heavy (non-hydrogen) atoms. The van der Waals surface area contributed by atoms with E-state index in [0.29, 0.717) is 5.88 Å². The third kappa shape index (κ3) is 3.40. The molecule has 0 saturated carbocycles. The summed E-state index contributed by atoms with van der Waals surface area (Å²) in [6.07, 6.45) is 1.66. The molecule has 5 nitrogen and oxygen atoms in total. The Kier molecular flexibility index (Phi) is 4.01. The molecule has 0 aliphatic rings. The number of hydrogen-bond donors (Lipinski definition) is 2. The summed E-state index contributed by atoms with van der Waals surface area (Å²) in [6.45, 7) is 6.16. The van der Waals surface area contributed by atoms with Crippen molar-refractivity contribution in [3.05, 3.63) is 48.2 Å². The molecule has 2 N–H and O–H groups in total. The lowest BCUT2D eigenvalue weighted by Crippen LogP contribution is -2.10. The minimum atomic E-state index is -1.02. The number of hydrogen-bond acceptors (Lipinski definition) is 3. The van der Waals surface area contributed by atoms with Gasteiger partial charge >= 0.3 is 5.97 Å². The average molecular weight is 324 g/mol. The summed E-state index contributed by atoms with van der Waals surface area (Å²) in [5.74, 6) is -0.718. The highest BCUT2D eigenvalue weighted by Gasteiger charge is 2.14. The largest absolute Gasteiger partial charge is 0.479 e. The van der Waals surface area contributed by atoms with Gasteiger partial charge in [-0.1, -0.05) is 39.0 Å². The lowest BCUT2D eigenvalue weighted by Gasteiger charge is -2.19. The van der Waals surface area contributed by atoms with E-state index in [1.165, 1.54) is 5.56 Å². The Morgan fingerprint density at radius 1 is 1.25 bits per heavy atom. The minimum Gasteiger partial charge on any atom is -0.479 e. The van der Waals surface area contributed by atoms with Gasteiger partial charge in [-0.2, -0.15) is 0 Å². The summed E-state index contributed by atoms with van der Waals surface area (Å²) < 4.78 is 5.13. The molecule has 0 spiro atoms. The Hall–Kier alpha value is -2.82. The van der Waals surface area contributed by atoms with Gasteiger partial charge in [0.2, 0.25) is 5.88 Å². The lowest BCUT2D eigenvalue weighted by atomic mass is 9.86. The predicted molar refractivity (Wildman–Crippen MR) is 93.4 cm³/mol. The number of nitrogens with zero attached hydrogens (tertiary/aromatic N) is 1. The second kappa shape index (κ2) is 6.00. The van der Waals surface area contributed by atoms with Crippen molar-refractivity contribution in [2.24, 2.45) is 0 Å². The normalized spacial score (nSPS) is 11.6. The Labute approximate surface area is 140 Å². The molecule has 0 fully saturated rings. The molecular formula is C19H20N2O3. The number of aromatic nitrogens is 2. The van der Waals surface area contributed by atoms with Crippen molar-refractivity contribution in [1.29, 1.82) is 0 Å². The van der Waals surface area contributed by atoms with E-state index in [0.717, 1.165) is 22.2 Å². The van der Waals surface area contributed by atoms with Crippen LogP contribution in [0.2, 0.25) is 0 Å². The van der Waals surface area contributed by atoms with E-state index in [-0.39, 0.29) is 5.41 Å². The molecular weight excluding hydrogens is 304 g/mol. The Bertz CT molecular complexity index is 891. The maximum Gasteiger partial charge on any atom is 0.341 e. The number of aromatic amines is 1. The Balaban J connectivity index is 1.95. The first kappa shape index (κ1) is 16.1. The molecule has 124 valence electrons. The van der Waals surface area contributed by atoms with Gasteiger partial charge in [0.05, 0.1) is 11.7 Å². The van der Waals surface area contributed by atoms with Gasteiger partial charge in [-0.25, -0.2) is 9.78 Å². The van der Waals surface area contributed by atoms with Crippen molar-refractivity contribution in [2.45, 2.75) is 26.2 Å². The van der Waals surface area contributed by atoms with Crippen molar-refractivity contribution >= 4 is 16.9 Å². The summed E-state index contributed by atoms with van der Waals surface area (Å²) in [5.41, 5.74) is 4.33. The van der Waals surface area contributed by atoms with Gasteiger partial charge < -0.3 is 14.8 Å². The number of rotatable bonds is 4. The van der Waals surface area contributed by atoms with Crippen LogP contribution in [0.15, 0.2) is 42.6 Å². The van der Waals surface area contributed by atoms with Crippen LogP contribution in [0.5, 0.6) is 5.88 Å². The number of carboxylic acid groups (broad SMARTS) is 1. The number of carboxylic acids is 1. The first-order valence-corrected chi connectivity index (χ1v) is 7.77. The van der Waals surface area contributed by atoms with Crippen molar-refractivity contribution in [3.63, 3.8) is 0 Å². The third-order valence-electron chi connectivity index (χ3n) is 3.86. The fourth-order valence-electron chi connectivity index (χ4n) is 2.53. The predicted octanol–water partition coefficient (Wildman–Crippen LogP) is 3.99. The van der Waals surface area contributed by atoms with Gasteiger partial charge in [0.15, 0.2) is 6.61 Å². The van der Waals surface area contributed by atoms with Crippen molar-refractivity contribution in [3.8, 4) is 17.1 Å². The highest BCUT2D eigenvalue weighted by Crippen LogP contribution is 2.29. The second-order valence-corrected chi connectivity index (χ2v) is 6.81. The zero-order chi connectivity index (χ0) is 17.3. The number of ether oxygens (including phenoxy) is 1. The van der Waals surface area contributed by atoms with Crippen LogP contribution in [0.1, 0.15) is 26.3 Å². The SMILES string of the molecule is CC(C)(C)c1cccc(-c2cc3cc(OCC(=O)O)ncc3[nH]2)c1. The Morgan fingerprint density at radius 2 is 2.04 bits per heavy atom. The molecule has 0 amide bonds. The molecule has 0 aliphatic heterocycles. The number of pyridine rings is 1. The van der Waals surface area contributed by atoms with Gasteiger partial charge in [0.1, 0.15) is 0 Å². The van der Waals surface area contributed by atoms with Crippen LogP contribution < -0.4 is 4.74 Å². The highest BCUT2D eigenvalue weighted by molar-refractivity contribution is 5.86. The fraction of sp³-hybridized carbons (Fsp3) is 0.263. The minimum absolute atomic E-state index is 0.0847. The zero-order valence-electron chi connectivity index (χ0n) is 14.0. The maximum absolute atomic E-state index is 10.6. The first-order valence-electron chi connectivity index (χ1n) is 7.77. The van der Waals surface area contributed by atoms with E-state index in [1.54, 1.807) is 12.3 Å². The van der Waals surface area contributed by atoms with Crippen molar-refractivity contribution < 1.29 is 14.6 Å². The number of carbonyl (C=O) groups is 1. The number of fused-ring (bicyclic) bond motifs is 1. The van der Waals surface area contributed by atoms with Crippen LogP contribution in [-0.4, -0.2) is 27.7 Å². The maximum atomic E-state index is 10.6. The van der Waals surface area contributed by atoms with Gasteiger partial charge in [0.25, 0.3) is 0 Å². The van der Waals surface area contributed by atoms with Crippen LogP contribution in [0.3, 0.4) is 0 Å². The summed E-state index contributed by atoms with van der Waals surface area (Å²) >= 11 is 0. The molecule has 0 saturated heterocycles. The molecule has 3 aromatic rings. The fourth-order valence-corrected chi connectivity index (χ4v) is 2.53. The lowest BCUT2D eigenvalue weighted by molar-refractivity contribution is -0.139. The van der Waals surface area contributed by atoms with Crippen LogP contribution in [0.25, 0.3) is 22.2 Å². The van der Waals surface area contributed by atoms with Crippen molar-refractivity contribution in [2.75, 3.05) is 6.61 Å². The average Bonchev–Trinajstić information content (AvgIpc) is 2.95. The third-order valence-corrected chi connectivity index (χ3v) is 3.86. The molecule has 0 aliphatic carbocycles. The molecule has 0 radical (unpaired) electrons. The van der Waals surface area contributed by atoms with Crippen molar-refractivity contribution in [1.82, 2.24) is 9.97 Å². The standard InChI is InChI=1S/C19H20N2O3/c1-19(2,3)14-6-4-5-12(7-14)15-8-13-9-17(24-11-18(22)23)20-10-16(13)21-15/h4-10,21H,11H2,1-3H3,(H,22,23). The monoisotopic (exact) mass is 324 g/mol. The van der Waals surface area contributed by atoms with Crippen LogP contribution in [0.4, 0.5) is 0 Å². The molecule has 2 aromatic heterocycles. The smallest absolute Gasteiger partial charge is 0.341 e. The summed E-state index contributed by atoms with van der Waals surface area (Å²) in [6, 6.07) is 12.2. The Morgan fingerprint density at radius 3 is 2.75 bits per heavy atom. The van der Waals surface area contributed by atoms with E-state index >= 15 is 0 Å². The van der Waals surface area contributed by atoms with Gasteiger partial charge in [-0.15, -0.1) is 0 Å². The summed E-state index contributed by atoms with van der Waals surface area (Å²) in [7, 11) is 0. The summed E-state index contributed by atoms with van der Waals surface area (Å²) in [5, 5.41) is 9.61. The molecule has 0 bridgehead atoms. The first-order chi connectivity index (χ1) is 11.3. The molecule has 0 unspecified atom stereocenters. The molecule has 5 heteroatoms. The summed E-state index contributed by atoms with van der Waals surface area (Å²) in [4.78, 5) is 18.1. The molecule has 3 rings (SSSR count). The molecule has 0 atom stereocenters. The number of aliphatic carboxylic acids is 1. The van der Waals surface area contributed by atoms with Crippen LogP contribution in [0, 0.1) is 0 Å². The quantitative estimate of drug-likeness (QED) is 0.761. The van der Waals surface area contributed by atoms with Crippen LogP contribution in [-0.2, 0) is 10.2 Å². The topological polar surface area (TPSA) is 75.2 Å². The molecule has 2 heterocycles. The zero-order valence-corrected chi connectivity index (χ0v) is 14.0. The second-order valence-electron chi connectivity index (χ2n) is 6.81. The van der Waals surface area contributed by atoms with Gasteiger partial charge in [-0.05, 0) is 28.7 Å². The van der Waals surface area contributed by atoms with E-state index in [2.05, 4.69) is 55.0 Å². The number of benzene rings is 1. The van der Waals surface area contributed by atoms with E-state index in [9.17, 15) is 4.79 Å². The van der Waals surface area contributed by atoms with E-state index in [1.807, 2.05) is 6.07 Å². The number of H-pyrrole nitrogens is 1. The number of nitrogens with one attached hydrogen (secondary N) is 1. The van der Waals surface area contributed by atoms with E-state index < -0.39 is 12.6 Å². The van der Waals surface area contributed by atoms with E-state index in [4.69, 9.17) is 9.84 Å². The molecule has 1 aromatic carbocycles. The van der Waals surface area contributed by atoms with Gasteiger partial charge in [0, 0.05) is 17.1 Å². The highest BCUT2D eigenvalue weighted by atomic mass is 16.5. The van der Waals surface area contributed by atoms with Crippen LogP contribution >= 0.6 is 0 Å². The van der Waals surface area contributed by atoms with Gasteiger partial charge in [-0.3, -0.25) is 0 Å².